The van der Waals surface area contributed by atoms with Gasteiger partial charge in [-0.2, -0.15) is 0 Å². The average Bonchev–Trinajstić information content (AvgIpc) is 3.39. The predicted molar refractivity (Wildman–Crippen MR) is 107 cm³/mol. The summed E-state index contributed by atoms with van der Waals surface area (Å²) in [6, 6.07) is 3.83. The lowest BCUT2D eigenvalue weighted by Gasteiger charge is -2.34. The average molecular weight is 388 g/mol. The number of carbonyl (C=O) groups is 1. The van der Waals surface area contributed by atoms with E-state index < -0.39 is 0 Å². The van der Waals surface area contributed by atoms with E-state index in [0.29, 0.717) is 5.91 Å². The van der Waals surface area contributed by atoms with Crippen LogP contribution in [-0.2, 0) is 11.3 Å². The van der Waals surface area contributed by atoms with Crippen molar-refractivity contribution >= 4 is 17.2 Å². The molecular weight excluding hydrogens is 358 g/mol. The van der Waals surface area contributed by atoms with E-state index >= 15 is 0 Å². The van der Waals surface area contributed by atoms with Crippen molar-refractivity contribution in [3.63, 3.8) is 0 Å². The molecule has 2 fully saturated rings. The van der Waals surface area contributed by atoms with Crippen LogP contribution < -0.4 is 0 Å². The smallest absolute Gasteiger partial charge is 0.222 e. The number of nitrogens with zero attached hydrogens (tertiary/aromatic N) is 3. The molecule has 0 radical (unpaired) electrons. The maximum absolute atomic E-state index is 12.5. The summed E-state index contributed by atoms with van der Waals surface area (Å²) >= 11 is 1.68. The molecular formula is C21H29N3O2S. The van der Waals surface area contributed by atoms with E-state index in [1.807, 2.05) is 12.1 Å². The van der Waals surface area contributed by atoms with Gasteiger partial charge >= 0.3 is 0 Å². The summed E-state index contributed by atoms with van der Waals surface area (Å²) in [5.74, 6) is 1.97. The molecule has 1 amide bonds. The van der Waals surface area contributed by atoms with Gasteiger partial charge in [0.05, 0.1) is 12.8 Å². The molecule has 2 aliphatic rings. The molecule has 1 aliphatic carbocycles. The summed E-state index contributed by atoms with van der Waals surface area (Å²) in [6.45, 7) is 4.42. The summed E-state index contributed by atoms with van der Waals surface area (Å²) in [5, 5.41) is 3.16. The molecule has 0 spiro atoms. The second-order valence-corrected chi connectivity index (χ2v) is 8.75. The molecule has 3 heterocycles. The predicted octanol–water partition coefficient (Wildman–Crippen LogP) is 4.41. The van der Waals surface area contributed by atoms with Gasteiger partial charge < -0.3 is 9.32 Å². The second kappa shape index (κ2) is 9.02. The highest BCUT2D eigenvalue weighted by atomic mass is 32.1. The zero-order chi connectivity index (χ0) is 18.5. The molecule has 1 aliphatic heterocycles. The molecule has 146 valence electrons. The fraction of sp³-hybridized carbons (Fsp3) is 0.619. The normalized spacial score (nSPS) is 19.5. The van der Waals surface area contributed by atoms with Gasteiger partial charge in [-0.1, -0.05) is 32.1 Å². The lowest BCUT2D eigenvalue weighted by Crippen LogP contribution is -2.48. The highest BCUT2D eigenvalue weighted by molar-refractivity contribution is 7.09. The maximum Gasteiger partial charge on any atom is 0.222 e. The van der Waals surface area contributed by atoms with Crippen LogP contribution >= 0.6 is 11.3 Å². The lowest BCUT2D eigenvalue weighted by molar-refractivity contribution is -0.133. The minimum absolute atomic E-state index is 0.356. The van der Waals surface area contributed by atoms with E-state index in [0.717, 1.165) is 67.9 Å². The summed E-state index contributed by atoms with van der Waals surface area (Å²) in [7, 11) is 0. The summed E-state index contributed by atoms with van der Waals surface area (Å²) in [5.41, 5.74) is 0.913. The summed E-state index contributed by atoms with van der Waals surface area (Å²) in [4.78, 5) is 21.7. The zero-order valence-electron chi connectivity index (χ0n) is 15.9. The lowest BCUT2D eigenvalue weighted by atomic mass is 9.86. The zero-order valence-corrected chi connectivity index (χ0v) is 16.8. The minimum atomic E-state index is 0.356. The van der Waals surface area contributed by atoms with E-state index in [1.54, 1.807) is 17.6 Å². The Hall–Kier alpha value is -1.66. The van der Waals surface area contributed by atoms with E-state index in [9.17, 15) is 4.79 Å². The van der Waals surface area contributed by atoms with Crippen molar-refractivity contribution in [1.82, 2.24) is 14.8 Å². The Morgan fingerprint density at radius 2 is 2.00 bits per heavy atom. The first kappa shape index (κ1) is 18.7. The van der Waals surface area contributed by atoms with E-state index in [2.05, 4.69) is 20.2 Å². The van der Waals surface area contributed by atoms with Crippen molar-refractivity contribution in [1.29, 1.82) is 0 Å². The molecule has 0 bridgehead atoms. The standard InChI is InChI=1S/C21H29N3O2S/c25-21(9-8-17-5-2-1-3-6-17)24-12-10-23(11-13-24)15-20-22-18(16-27-20)19-7-4-14-26-19/h4,7,14,16-17H,1-3,5-6,8-13,15H2. The van der Waals surface area contributed by atoms with Crippen molar-refractivity contribution in [2.75, 3.05) is 26.2 Å². The van der Waals surface area contributed by atoms with Crippen molar-refractivity contribution in [3.8, 4) is 11.5 Å². The summed E-state index contributed by atoms with van der Waals surface area (Å²) < 4.78 is 5.42. The third kappa shape index (κ3) is 4.99. The topological polar surface area (TPSA) is 49.6 Å². The molecule has 6 heteroatoms. The third-order valence-electron chi connectivity index (χ3n) is 5.90. The van der Waals surface area contributed by atoms with Crippen LogP contribution in [-0.4, -0.2) is 46.9 Å². The molecule has 1 saturated carbocycles. The Morgan fingerprint density at radius 1 is 1.19 bits per heavy atom. The molecule has 0 unspecified atom stereocenters. The monoisotopic (exact) mass is 387 g/mol. The summed E-state index contributed by atoms with van der Waals surface area (Å²) in [6.07, 6.45) is 10.3. The Labute approximate surface area is 165 Å². The molecule has 4 rings (SSSR count). The van der Waals surface area contributed by atoms with Gasteiger partial charge in [0, 0.05) is 38.0 Å². The van der Waals surface area contributed by atoms with Crippen LogP contribution in [0.15, 0.2) is 28.2 Å². The Balaban J connectivity index is 1.20. The van der Waals surface area contributed by atoms with E-state index in [4.69, 9.17) is 4.42 Å². The molecule has 0 N–H and O–H groups in total. The number of thiazole rings is 1. The molecule has 27 heavy (non-hydrogen) atoms. The Kier molecular flexibility index (Phi) is 6.24. The van der Waals surface area contributed by atoms with Crippen LogP contribution in [0.3, 0.4) is 0 Å². The molecule has 1 saturated heterocycles. The van der Waals surface area contributed by atoms with Gasteiger partial charge in [-0.25, -0.2) is 4.98 Å². The third-order valence-corrected chi connectivity index (χ3v) is 6.73. The van der Waals surface area contributed by atoms with Gasteiger partial charge in [-0.05, 0) is 24.5 Å². The minimum Gasteiger partial charge on any atom is -0.463 e. The van der Waals surface area contributed by atoms with Gasteiger partial charge in [0.25, 0.3) is 0 Å². The van der Waals surface area contributed by atoms with Gasteiger partial charge in [-0.15, -0.1) is 11.3 Å². The maximum atomic E-state index is 12.5. The molecule has 0 atom stereocenters. The first-order valence-corrected chi connectivity index (χ1v) is 11.1. The van der Waals surface area contributed by atoms with Crippen LogP contribution in [0.2, 0.25) is 0 Å². The molecule has 2 aromatic rings. The van der Waals surface area contributed by atoms with Gasteiger partial charge in [-0.3, -0.25) is 9.69 Å². The van der Waals surface area contributed by atoms with Crippen molar-refractivity contribution in [3.05, 3.63) is 28.8 Å². The van der Waals surface area contributed by atoms with E-state index in [1.165, 1.54) is 32.1 Å². The van der Waals surface area contributed by atoms with Crippen molar-refractivity contribution in [2.45, 2.75) is 51.5 Å². The number of carbonyl (C=O) groups excluding carboxylic acids is 1. The van der Waals surface area contributed by atoms with Crippen LogP contribution in [0.25, 0.3) is 11.5 Å². The van der Waals surface area contributed by atoms with Gasteiger partial charge in [0.2, 0.25) is 5.91 Å². The van der Waals surface area contributed by atoms with Crippen molar-refractivity contribution < 1.29 is 9.21 Å². The molecule has 5 nitrogen and oxygen atoms in total. The molecule has 2 aromatic heterocycles. The van der Waals surface area contributed by atoms with Gasteiger partial charge in [0.15, 0.2) is 5.76 Å². The van der Waals surface area contributed by atoms with E-state index in [-0.39, 0.29) is 0 Å². The number of hydrogen-bond acceptors (Lipinski definition) is 5. The number of hydrogen-bond donors (Lipinski definition) is 0. The first-order chi connectivity index (χ1) is 13.3. The largest absolute Gasteiger partial charge is 0.463 e. The van der Waals surface area contributed by atoms with Crippen LogP contribution in [0.5, 0.6) is 0 Å². The second-order valence-electron chi connectivity index (χ2n) is 7.80. The number of amides is 1. The number of aromatic nitrogens is 1. The highest BCUT2D eigenvalue weighted by Crippen LogP contribution is 2.28. The van der Waals surface area contributed by atoms with Gasteiger partial charge in [0.1, 0.15) is 10.7 Å². The Morgan fingerprint density at radius 3 is 2.74 bits per heavy atom. The highest BCUT2D eigenvalue weighted by Gasteiger charge is 2.23. The quantitative estimate of drug-likeness (QED) is 0.737. The molecule has 0 aromatic carbocycles. The number of piperazine rings is 1. The van der Waals surface area contributed by atoms with Crippen LogP contribution in [0.1, 0.15) is 50.0 Å². The number of furan rings is 1. The SMILES string of the molecule is O=C(CCC1CCCCC1)N1CCN(Cc2nc(-c3ccco3)cs2)CC1. The fourth-order valence-corrected chi connectivity index (χ4v) is 5.05. The fourth-order valence-electron chi connectivity index (χ4n) is 4.23. The number of rotatable bonds is 6. The van der Waals surface area contributed by atoms with Crippen LogP contribution in [0.4, 0.5) is 0 Å². The van der Waals surface area contributed by atoms with Crippen molar-refractivity contribution in [2.24, 2.45) is 5.92 Å². The van der Waals surface area contributed by atoms with Crippen LogP contribution in [0, 0.1) is 5.92 Å². The Bertz CT molecular complexity index is 714. The first-order valence-electron chi connectivity index (χ1n) is 10.3.